The molecular formula is C14H8ClF2N3OS2. The molecule has 3 aromatic rings. The molecule has 2 aromatic heterocycles. The van der Waals surface area contributed by atoms with Crippen LogP contribution in [0.1, 0.15) is 10.4 Å². The molecule has 1 N–H and O–H groups in total. The highest BCUT2D eigenvalue weighted by Crippen LogP contribution is 2.32. The van der Waals surface area contributed by atoms with Gasteiger partial charge in [0.25, 0.3) is 11.7 Å². The van der Waals surface area contributed by atoms with E-state index in [2.05, 4.69) is 15.3 Å². The summed E-state index contributed by atoms with van der Waals surface area (Å²) in [5.74, 6) is -2.84. The zero-order valence-electron chi connectivity index (χ0n) is 11.3. The molecule has 3 rings (SSSR count). The van der Waals surface area contributed by atoms with Crippen molar-refractivity contribution in [3.05, 3.63) is 47.2 Å². The average Bonchev–Trinajstić information content (AvgIpc) is 2.88. The van der Waals surface area contributed by atoms with Crippen molar-refractivity contribution >= 4 is 56.0 Å². The number of hydrogen-bond acceptors (Lipinski definition) is 5. The van der Waals surface area contributed by atoms with Crippen molar-refractivity contribution in [1.29, 1.82) is 0 Å². The number of benzene rings is 1. The summed E-state index contributed by atoms with van der Waals surface area (Å²) in [7, 11) is 0. The third-order valence-electron chi connectivity index (χ3n) is 2.80. The molecule has 0 atom stereocenters. The molecular weight excluding hydrogens is 364 g/mol. The number of halogens is 3. The highest BCUT2D eigenvalue weighted by Gasteiger charge is 2.12. The van der Waals surface area contributed by atoms with E-state index >= 15 is 0 Å². The highest BCUT2D eigenvalue weighted by molar-refractivity contribution is 7.99. The summed E-state index contributed by atoms with van der Waals surface area (Å²) in [5, 5.41) is 3.34. The maximum Gasteiger partial charge on any atom is 0.288 e. The van der Waals surface area contributed by atoms with Crippen LogP contribution in [0, 0.1) is 0 Å². The smallest absolute Gasteiger partial charge is 0.288 e. The number of carbonyl (C=O) groups excluding carboxylic acids is 1. The molecule has 0 saturated heterocycles. The van der Waals surface area contributed by atoms with Gasteiger partial charge in [-0.15, -0.1) is 0 Å². The van der Waals surface area contributed by atoms with Crippen molar-refractivity contribution in [1.82, 2.24) is 9.97 Å². The molecule has 0 aliphatic heterocycles. The van der Waals surface area contributed by atoms with E-state index in [0.29, 0.717) is 38.0 Å². The van der Waals surface area contributed by atoms with E-state index in [1.165, 1.54) is 23.6 Å². The SMILES string of the molecule is O=C(Nc1nc2ccc(SC(F)F)cc2s1)c1ccc(Cl)nc1. The molecule has 0 aliphatic rings. The first-order valence-corrected chi connectivity index (χ1v) is 8.37. The van der Waals surface area contributed by atoms with Gasteiger partial charge in [0.15, 0.2) is 5.13 Å². The Labute approximate surface area is 142 Å². The second kappa shape index (κ2) is 6.77. The monoisotopic (exact) mass is 371 g/mol. The van der Waals surface area contributed by atoms with Crippen molar-refractivity contribution in [2.75, 3.05) is 5.32 Å². The molecule has 0 saturated carbocycles. The molecule has 0 radical (unpaired) electrons. The molecule has 1 amide bonds. The molecule has 0 aliphatic carbocycles. The summed E-state index contributed by atoms with van der Waals surface area (Å²) in [6.07, 6.45) is 1.36. The predicted octanol–water partition coefficient (Wildman–Crippen LogP) is 4.91. The van der Waals surface area contributed by atoms with Gasteiger partial charge < -0.3 is 0 Å². The van der Waals surface area contributed by atoms with Crippen molar-refractivity contribution in [3.63, 3.8) is 0 Å². The quantitative estimate of drug-likeness (QED) is 0.523. The number of thioether (sulfide) groups is 1. The number of carbonyl (C=O) groups is 1. The third kappa shape index (κ3) is 3.95. The molecule has 1 aromatic carbocycles. The first kappa shape index (κ1) is 16.1. The summed E-state index contributed by atoms with van der Waals surface area (Å²) >= 11 is 7.36. The number of alkyl halides is 2. The zero-order chi connectivity index (χ0) is 16.4. The van der Waals surface area contributed by atoms with Crippen LogP contribution in [0.5, 0.6) is 0 Å². The highest BCUT2D eigenvalue weighted by atomic mass is 35.5. The van der Waals surface area contributed by atoms with Gasteiger partial charge in [-0.2, -0.15) is 8.78 Å². The summed E-state index contributed by atoms with van der Waals surface area (Å²) < 4.78 is 25.5. The number of pyridine rings is 1. The molecule has 0 spiro atoms. The number of amides is 1. The van der Waals surface area contributed by atoms with Gasteiger partial charge in [-0.3, -0.25) is 10.1 Å². The van der Waals surface area contributed by atoms with Gasteiger partial charge in [0.2, 0.25) is 0 Å². The van der Waals surface area contributed by atoms with E-state index < -0.39 is 5.76 Å². The molecule has 2 heterocycles. The third-order valence-corrected chi connectivity index (χ3v) is 4.66. The first-order valence-electron chi connectivity index (χ1n) is 6.29. The van der Waals surface area contributed by atoms with Crippen LogP contribution in [0.25, 0.3) is 10.2 Å². The van der Waals surface area contributed by atoms with Gasteiger partial charge in [-0.05, 0) is 30.3 Å². The maximum absolute atomic E-state index is 12.4. The number of thiazole rings is 1. The number of fused-ring (bicyclic) bond motifs is 1. The standard InChI is InChI=1S/C14H8ClF2N3OS2/c15-11-4-1-7(6-18-11)12(21)20-14-19-9-3-2-8(22-13(16)17)5-10(9)23-14/h1-6,13H,(H,19,20,21). The Bertz CT molecular complexity index is 855. The largest absolute Gasteiger partial charge is 0.298 e. The molecule has 4 nitrogen and oxygen atoms in total. The Morgan fingerprint density at radius 3 is 2.83 bits per heavy atom. The number of anilines is 1. The average molecular weight is 372 g/mol. The molecule has 0 unspecified atom stereocenters. The lowest BCUT2D eigenvalue weighted by molar-refractivity contribution is 0.102. The van der Waals surface area contributed by atoms with E-state index in [4.69, 9.17) is 11.6 Å². The fraction of sp³-hybridized carbons (Fsp3) is 0.0714. The van der Waals surface area contributed by atoms with Crippen LogP contribution < -0.4 is 5.32 Å². The van der Waals surface area contributed by atoms with Crippen molar-refractivity contribution < 1.29 is 13.6 Å². The Hall–Kier alpha value is -1.77. The van der Waals surface area contributed by atoms with Crippen LogP contribution in [0.2, 0.25) is 5.15 Å². The number of aromatic nitrogens is 2. The summed E-state index contributed by atoms with van der Waals surface area (Å²) in [5.41, 5.74) is 0.987. The van der Waals surface area contributed by atoms with Crippen molar-refractivity contribution in [2.45, 2.75) is 10.7 Å². The topological polar surface area (TPSA) is 54.9 Å². The summed E-state index contributed by atoms with van der Waals surface area (Å²) in [6, 6.07) is 7.92. The molecule has 23 heavy (non-hydrogen) atoms. The van der Waals surface area contributed by atoms with Crippen molar-refractivity contribution in [2.24, 2.45) is 0 Å². The van der Waals surface area contributed by atoms with Crippen LogP contribution in [0.3, 0.4) is 0 Å². The predicted molar refractivity (Wildman–Crippen MR) is 88.7 cm³/mol. The second-order valence-electron chi connectivity index (χ2n) is 4.35. The summed E-state index contributed by atoms with van der Waals surface area (Å²) in [6.45, 7) is 0. The molecule has 9 heteroatoms. The van der Waals surface area contributed by atoms with E-state index in [0.717, 1.165) is 4.70 Å². The van der Waals surface area contributed by atoms with Gasteiger partial charge in [0.1, 0.15) is 5.15 Å². The van der Waals surface area contributed by atoms with Crippen LogP contribution in [-0.4, -0.2) is 21.6 Å². The Morgan fingerprint density at radius 1 is 1.30 bits per heavy atom. The Morgan fingerprint density at radius 2 is 2.13 bits per heavy atom. The van der Waals surface area contributed by atoms with Crippen LogP contribution in [0.15, 0.2) is 41.4 Å². The van der Waals surface area contributed by atoms with Gasteiger partial charge in [0, 0.05) is 11.1 Å². The summed E-state index contributed by atoms with van der Waals surface area (Å²) in [4.78, 5) is 20.6. The van der Waals surface area contributed by atoms with Gasteiger partial charge in [-0.1, -0.05) is 34.7 Å². The minimum Gasteiger partial charge on any atom is -0.298 e. The van der Waals surface area contributed by atoms with Crippen molar-refractivity contribution in [3.8, 4) is 0 Å². The van der Waals surface area contributed by atoms with Crippen LogP contribution in [-0.2, 0) is 0 Å². The van der Waals surface area contributed by atoms with Crippen LogP contribution in [0.4, 0.5) is 13.9 Å². The fourth-order valence-electron chi connectivity index (χ4n) is 1.81. The van der Waals surface area contributed by atoms with Crippen LogP contribution >= 0.6 is 34.7 Å². The lowest BCUT2D eigenvalue weighted by Crippen LogP contribution is -2.11. The Kier molecular flexibility index (Phi) is 4.74. The van der Waals surface area contributed by atoms with E-state index in [1.54, 1.807) is 24.3 Å². The lowest BCUT2D eigenvalue weighted by Gasteiger charge is -2.00. The minimum atomic E-state index is -2.48. The van der Waals surface area contributed by atoms with Gasteiger partial charge in [0.05, 0.1) is 15.8 Å². The number of nitrogens with one attached hydrogen (secondary N) is 1. The molecule has 0 bridgehead atoms. The second-order valence-corrected chi connectivity index (χ2v) is 6.83. The molecule has 118 valence electrons. The fourth-order valence-corrected chi connectivity index (χ4v) is 3.44. The number of hydrogen-bond donors (Lipinski definition) is 1. The van der Waals surface area contributed by atoms with Gasteiger partial charge in [-0.25, -0.2) is 9.97 Å². The Balaban J connectivity index is 1.80. The normalized spacial score (nSPS) is 11.1. The number of nitrogens with zero attached hydrogens (tertiary/aromatic N) is 2. The van der Waals surface area contributed by atoms with E-state index in [-0.39, 0.29) is 5.91 Å². The first-order chi connectivity index (χ1) is 11.0. The lowest BCUT2D eigenvalue weighted by atomic mass is 10.3. The number of rotatable bonds is 4. The molecule has 0 fully saturated rings. The minimum absolute atomic E-state index is 0.297. The van der Waals surface area contributed by atoms with E-state index in [9.17, 15) is 13.6 Å². The zero-order valence-corrected chi connectivity index (χ0v) is 13.7. The van der Waals surface area contributed by atoms with Gasteiger partial charge >= 0.3 is 0 Å². The van der Waals surface area contributed by atoms with E-state index in [1.807, 2.05) is 0 Å². The maximum atomic E-state index is 12.4.